The first kappa shape index (κ1) is 34.8. The van der Waals surface area contributed by atoms with Crippen LogP contribution in [0.4, 0.5) is 0 Å². The number of allylic oxidation sites excluding steroid dienone is 4. The summed E-state index contributed by atoms with van der Waals surface area (Å²) >= 11 is 2.04. The van der Waals surface area contributed by atoms with Gasteiger partial charge in [0.1, 0.15) is 21.9 Å². The minimum Gasteiger partial charge on any atom is -0.465 e. The van der Waals surface area contributed by atoms with Crippen molar-refractivity contribution in [2.75, 3.05) is 20.2 Å². The minimum absolute atomic E-state index is 0.0450. The van der Waals surface area contributed by atoms with Crippen LogP contribution in [0.3, 0.4) is 0 Å². The number of alkyl halides is 1. The van der Waals surface area contributed by atoms with E-state index in [4.69, 9.17) is 15.5 Å². The zero-order valence-corrected chi connectivity index (χ0v) is 29.1. The van der Waals surface area contributed by atoms with E-state index in [1.165, 1.54) is 5.56 Å². The van der Waals surface area contributed by atoms with Gasteiger partial charge in [-0.1, -0.05) is 95.4 Å². The van der Waals surface area contributed by atoms with E-state index >= 15 is 0 Å². The molecule has 45 heavy (non-hydrogen) atoms. The molecule has 1 amide bonds. The van der Waals surface area contributed by atoms with Crippen LogP contribution in [0.2, 0.25) is 0 Å². The van der Waals surface area contributed by atoms with Crippen molar-refractivity contribution < 1.29 is 28.4 Å². The molecule has 2 N–H and O–H groups in total. The summed E-state index contributed by atoms with van der Waals surface area (Å²) in [5.74, 6) is 3.84. The van der Waals surface area contributed by atoms with Crippen molar-refractivity contribution in [1.82, 2.24) is 4.90 Å². The van der Waals surface area contributed by atoms with E-state index in [1.807, 2.05) is 84.8 Å². The molecule has 0 radical (unpaired) electrons. The highest BCUT2D eigenvalue weighted by molar-refractivity contribution is 14.1. The fourth-order valence-electron chi connectivity index (χ4n) is 7.32. The summed E-state index contributed by atoms with van der Waals surface area (Å²) in [7, 11) is 1.90. The average Bonchev–Trinajstić information content (AvgIpc) is 3.48. The Kier molecular flexibility index (Phi) is 12.0. The van der Waals surface area contributed by atoms with Crippen LogP contribution in [-0.4, -0.2) is 62.9 Å². The number of likely N-dealkylation sites (N-methyl/N-ethyl adjacent to an activating group) is 1. The van der Waals surface area contributed by atoms with Crippen LogP contribution in [0.15, 0.2) is 84.1 Å². The van der Waals surface area contributed by atoms with Gasteiger partial charge in [0.25, 0.3) is 5.91 Å². The number of carbonyl (C=O) groups excluding carboxylic acids is 3. The molecule has 1 heterocycles. The third kappa shape index (κ3) is 7.69. The summed E-state index contributed by atoms with van der Waals surface area (Å²) in [4.78, 5) is 47.8. The molecule has 4 unspecified atom stereocenters. The molecule has 2 aliphatic rings. The molecule has 0 spiro atoms. The number of quaternary nitrogens is 1. The fourth-order valence-corrected chi connectivity index (χ4v) is 8.01. The second kappa shape index (κ2) is 15.5. The molecular formula is C36H47IN3O5+. The lowest BCUT2D eigenvalue weighted by molar-refractivity contribution is -0.990. The van der Waals surface area contributed by atoms with Crippen LogP contribution >= 0.6 is 22.6 Å². The summed E-state index contributed by atoms with van der Waals surface area (Å²) < 4.78 is 5.05. The van der Waals surface area contributed by atoms with Crippen molar-refractivity contribution in [3.63, 3.8) is 0 Å². The molecule has 1 aliphatic carbocycles. The molecule has 0 saturated carbocycles. The minimum atomic E-state index is -0.826. The van der Waals surface area contributed by atoms with Crippen molar-refractivity contribution >= 4 is 40.4 Å². The molecule has 242 valence electrons. The van der Waals surface area contributed by atoms with Crippen LogP contribution in [0, 0.1) is 5.92 Å². The Bertz CT molecular complexity index is 1390. The van der Waals surface area contributed by atoms with E-state index in [0.29, 0.717) is 24.0 Å². The SMILES string of the molecule is CCOC(=O)C(I)CC(C(=O)ON)C(C)(C)[N+]1(Cc2ccccc2)CCCC1C(=O)N(C)C1=C(Cc2ccccc2)C=CCC1. The molecule has 1 saturated heterocycles. The van der Waals surface area contributed by atoms with Gasteiger partial charge in [0.15, 0.2) is 6.04 Å². The number of halogens is 1. The molecule has 8 nitrogen and oxygen atoms in total. The van der Waals surface area contributed by atoms with Gasteiger partial charge in [0.05, 0.1) is 13.2 Å². The zero-order valence-electron chi connectivity index (χ0n) is 26.9. The number of nitrogens with two attached hydrogens (primary N) is 1. The van der Waals surface area contributed by atoms with Crippen molar-refractivity contribution in [3.8, 4) is 0 Å². The Labute approximate surface area is 281 Å². The third-order valence-corrected chi connectivity index (χ3v) is 10.8. The highest BCUT2D eigenvalue weighted by Crippen LogP contribution is 2.46. The van der Waals surface area contributed by atoms with E-state index in [-0.39, 0.29) is 24.9 Å². The van der Waals surface area contributed by atoms with E-state index in [1.54, 1.807) is 6.92 Å². The first-order valence-electron chi connectivity index (χ1n) is 15.9. The monoisotopic (exact) mass is 728 g/mol. The lowest BCUT2D eigenvalue weighted by Gasteiger charge is -2.54. The van der Waals surface area contributed by atoms with Crippen molar-refractivity contribution in [3.05, 3.63) is 95.2 Å². The zero-order chi connectivity index (χ0) is 32.6. The highest BCUT2D eigenvalue weighted by Gasteiger charge is 2.61. The number of benzene rings is 2. The number of ether oxygens (including phenoxy) is 1. The smallest absolute Gasteiger partial charge is 0.333 e. The van der Waals surface area contributed by atoms with E-state index in [2.05, 4.69) is 36.4 Å². The van der Waals surface area contributed by atoms with Gasteiger partial charge < -0.3 is 19.0 Å². The number of nitrogens with zero attached hydrogens (tertiary/aromatic N) is 2. The van der Waals surface area contributed by atoms with Crippen LogP contribution < -0.4 is 5.90 Å². The first-order valence-corrected chi connectivity index (χ1v) is 17.1. The maximum atomic E-state index is 14.8. The van der Waals surface area contributed by atoms with Gasteiger partial charge in [-0.15, -0.1) is 0 Å². The number of likely N-dealkylation sites (tertiary alicyclic amines) is 1. The quantitative estimate of drug-likeness (QED) is 0.0889. The van der Waals surface area contributed by atoms with Crippen molar-refractivity contribution in [1.29, 1.82) is 0 Å². The predicted octanol–water partition coefficient (Wildman–Crippen LogP) is 6.04. The third-order valence-electron chi connectivity index (χ3n) is 9.82. The molecule has 4 atom stereocenters. The lowest BCUT2D eigenvalue weighted by atomic mass is 9.78. The maximum Gasteiger partial charge on any atom is 0.333 e. The van der Waals surface area contributed by atoms with Crippen molar-refractivity contribution in [2.24, 2.45) is 11.8 Å². The Morgan fingerprint density at radius 2 is 1.69 bits per heavy atom. The molecular weight excluding hydrogens is 681 g/mol. The number of amides is 1. The second-order valence-electron chi connectivity index (χ2n) is 12.6. The first-order chi connectivity index (χ1) is 21.6. The molecule has 9 heteroatoms. The number of hydrogen-bond donors (Lipinski definition) is 1. The topological polar surface area (TPSA) is 98.9 Å². The normalized spacial score (nSPS) is 21.2. The Balaban J connectivity index is 1.77. The number of esters is 1. The standard InChI is InChI=1S/C36H47IN3O5/c1-5-44-35(43)30(37)24-29(34(42)45-38)36(2,3)40(25-27-17-10-7-11-18-27)22-14-21-32(40)33(41)39(4)31-20-13-12-19-28(31)23-26-15-8-6-9-16-26/h6-12,15-19,29-30,32H,5,13-14,20-25,38H2,1-4H3/q+1. The number of rotatable bonds is 13. The van der Waals surface area contributed by atoms with Crippen LogP contribution in [-0.2, 0) is 36.9 Å². The van der Waals surface area contributed by atoms with Gasteiger partial charge >= 0.3 is 11.9 Å². The largest absolute Gasteiger partial charge is 0.465 e. The van der Waals surface area contributed by atoms with Crippen molar-refractivity contribution in [2.45, 2.75) is 81.3 Å². The summed E-state index contributed by atoms with van der Waals surface area (Å²) in [6, 6.07) is 20.0. The highest BCUT2D eigenvalue weighted by atomic mass is 127. The van der Waals surface area contributed by atoms with Gasteiger partial charge in [0.2, 0.25) is 0 Å². The van der Waals surface area contributed by atoms with Crippen LogP contribution in [0.1, 0.15) is 64.0 Å². The Hall–Kier alpha value is -3.02. The van der Waals surface area contributed by atoms with Crippen LogP contribution in [0.5, 0.6) is 0 Å². The number of carbonyl (C=O) groups is 3. The molecule has 0 aromatic heterocycles. The summed E-state index contributed by atoms with van der Waals surface area (Å²) in [5, 5.41) is 0. The van der Waals surface area contributed by atoms with Gasteiger partial charge in [-0.2, -0.15) is 5.90 Å². The van der Waals surface area contributed by atoms with E-state index in [0.717, 1.165) is 42.5 Å². The van der Waals surface area contributed by atoms with Gasteiger partial charge in [-0.05, 0) is 57.6 Å². The van der Waals surface area contributed by atoms with E-state index < -0.39 is 27.4 Å². The predicted molar refractivity (Wildman–Crippen MR) is 184 cm³/mol. The lowest BCUT2D eigenvalue weighted by Crippen LogP contribution is -2.70. The molecule has 4 rings (SSSR count). The van der Waals surface area contributed by atoms with Gasteiger partial charge in [0, 0.05) is 31.1 Å². The molecule has 0 bridgehead atoms. The Morgan fingerprint density at radius 1 is 1.04 bits per heavy atom. The summed E-state index contributed by atoms with van der Waals surface area (Å²) in [5.41, 5.74) is 3.64. The molecule has 1 aliphatic heterocycles. The second-order valence-corrected chi connectivity index (χ2v) is 14.1. The Morgan fingerprint density at radius 3 is 2.31 bits per heavy atom. The van der Waals surface area contributed by atoms with Crippen LogP contribution in [0.25, 0.3) is 0 Å². The number of hydrogen-bond acceptors (Lipinski definition) is 6. The maximum absolute atomic E-state index is 14.8. The molecule has 1 fully saturated rings. The average molecular weight is 729 g/mol. The van der Waals surface area contributed by atoms with E-state index in [9.17, 15) is 14.4 Å². The molecule has 2 aromatic carbocycles. The molecule has 2 aromatic rings. The fraction of sp³-hybridized carbons (Fsp3) is 0.472. The summed E-state index contributed by atoms with van der Waals surface area (Å²) in [6.45, 7) is 7.32. The summed E-state index contributed by atoms with van der Waals surface area (Å²) in [6.07, 6.45) is 8.45. The van der Waals surface area contributed by atoms with Gasteiger partial charge in [-0.3, -0.25) is 9.59 Å². The van der Waals surface area contributed by atoms with Gasteiger partial charge in [-0.25, -0.2) is 4.79 Å².